The second-order valence-corrected chi connectivity index (χ2v) is 8.17. The first-order valence-corrected chi connectivity index (χ1v) is 9.89. The number of nitrogens with one attached hydrogen (secondary N) is 2. The fourth-order valence-electron chi connectivity index (χ4n) is 3.17. The van der Waals surface area contributed by atoms with E-state index >= 15 is 0 Å². The van der Waals surface area contributed by atoms with Gasteiger partial charge >= 0.3 is 0 Å². The van der Waals surface area contributed by atoms with E-state index in [1.807, 2.05) is 31.2 Å². The summed E-state index contributed by atoms with van der Waals surface area (Å²) in [6, 6.07) is 13.0. The van der Waals surface area contributed by atoms with Gasteiger partial charge in [-0.1, -0.05) is 11.6 Å². The lowest BCUT2D eigenvalue weighted by molar-refractivity contribution is -0.135. The van der Waals surface area contributed by atoms with Crippen LogP contribution < -0.4 is 15.5 Å². The number of halogens is 1. The number of amides is 2. The molecule has 5 nitrogen and oxygen atoms in total. The quantitative estimate of drug-likeness (QED) is 0.706. The first kappa shape index (κ1) is 20.2. The molecule has 0 radical (unpaired) electrons. The van der Waals surface area contributed by atoms with Crippen molar-refractivity contribution in [3.8, 4) is 0 Å². The number of hydrogen-bond acceptors (Lipinski definition) is 3. The maximum atomic E-state index is 12.7. The van der Waals surface area contributed by atoms with Crippen LogP contribution in [0.2, 0.25) is 5.02 Å². The molecule has 2 aromatic rings. The van der Waals surface area contributed by atoms with Crippen molar-refractivity contribution in [2.24, 2.45) is 5.41 Å². The zero-order chi connectivity index (χ0) is 20.3. The summed E-state index contributed by atoms with van der Waals surface area (Å²) < 4.78 is 0. The summed E-state index contributed by atoms with van der Waals surface area (Å²) in [4.78, 5) is 27.8. The molecule has 2 amide bonds. The van der Waals surface area contributed by atoms with Gasteiger partial charge in [-0.05, 0) is 81.6 Å². The van der Waals surface area contributed by atoms with E-state index in [0.717, 1.165) is 24.3 Å². The van der Waals surface area contributed by atoms with Crippen molar-refractivity contribution >= 4 is 40.5 Å². The van der Waals surface area contributed by atoms with Crippen LogP contribution in [0.15, 0.2) is 42.5 Å². The van der Waals surface area contributed by atoms with E-state index in [4.69, 9.17) is 11.6 Å². The molecule has 3 rings (SSSR count). The number of hydrogen-bond donors (Lipinski definition) is 2. The van der Waals surface area contributed by atoms with E-state index < -0.39 is 5.41 Å². The minimum atomic E-state index is -1.24. The van der Waals surface area contributed by atoms with Crippen LogP contribution in [0.3, 0.4) is 0 Å². The van der Waals surface area contributed by atoms with Gasteiger partial charge in [0, 0.05) is 35.2 Å². The van der Waals surface area contributed by atoms with Crippen molar-refractivity contribution in [3.05, 3.63) is 53.1 Å². The highest BCUT2D eigenvalue weighted by molar-refractivity contribution is 6.30. The Morgan fingerprint density at radius 2 is 1.57 bits per heavy atom. The molecule has 0 aromatic heterocycles. The monoisotopic (exact) mass is 399 g/mol. The molecule has 0 spiro atoms. The molecule has 1 aliphatic heterocycles. The number of carbonyl (C=O) groups is 2. The molecule has 6 heteroatoms. The molecule has 0 bridgehead atoms. The molecule has 1 fully saturated rings. The van der Waals surface area contributed by atoms with Gasteiger partial charge in [-0.15, -0.1) is 0 Å². The number of aryl methyl sites for hydroxylation is 1. The minimum Gasteiger partial charge on any atom is -0.372 e. The molecule has 148 valence electrons. The van der Waals surface area contributed by atoms with E-state index in [1.54, 1.807) is 32.0 Å². The highest BCUT2D eigenvalue weighted by Crippen LogP contribution is 2.26. The summed E-state index contributed by atoms with van der Waals surface area (Å²) >= 11 is 5.96. The molecule has 2 N–H and O–H groups in total. The van der Waals surface area contributed by atoms with Gasteiger partial charge in [0.1, 0.15) is 5.41 Å². The largest absolute Gasteiger partial charge is 0.372 e. The van der Waals surface area contributed by atoms with Gasteiger partial charge in [0.05, 0.1) is 0 Å². The second kappa shape index (κ2) is 8.23. The van der Waals surface area contributed by atoms with Gasteiger partial charge in [-0.3, -0.25) is 9.59 Å². The van der Waals surface area contributed by atoms with Crippen LogP contribution in [-0.4, -0.2) is 24.9 Å². The Hall–Kier alpha value is -2.53. The molecule has 1 saturated heterocycles. The fourth-order valence-corrected chi connectivity index (χ4v) is 3.39. The Labute approximate surface area is 171 Å². The maximum Gasteiger partial charge on any atom is 0.239 e. The number of nitrogens with zero attached hydrogens (tertiary/aromatic N) is 1. The SMILES string of the molecule is Cc1cc(Cl)ccc1NC(=O)C(C)(C)C(=O)Nc1ccc(N2CCCC2)cc1. The first-order valence-electron chi connectivity index (χ1n) is 9.51. The number of benzene rings is 2. The molecule has 1 heterocycles. The highest BCUT2D eigenvalue weighted by atomic mass is 35.5. The van der Waals surface area contributed by atoms with Gasteiger partial charge in [-0.2, -0.15) is 0 Å². The van der Waals surface area contributed by atoms with E-state index in [-0.39, 0.29) is 11.8 Å². The van der Waals surface area contributed by atoms with E-state index in [9.17, 15) is 9.59 Å². The lowest BCUT2D eigenvalue weighted by Crippen LogP contribution is -2.41. The molecule has 28 heavy (non-hydrogen) atoms. The summed E-state index contributed by atoms with van der Waals surface area (Å²) in [6.07, 6.45) is 2.43. The van der Waals surface area contributed by atoms with Gasteiger partial charge in [0.25, 0.3) is 0 Å². The van der Waals surface area contributed by atoms with Crippen molar-refractivity contribution < 1.29 is 9.59 Å². The number of anilines is 3. The van der Waals surface area contributed by atoms with Crippen LogP contribution in [0.25, 0.3) is 0 Å². The van der Waals surface area contributed by atoms with Crippen molar-refractivity contribution in [1.29, 1.82) is 0 Å². The zero-order valence-electron chi connectivity index (χ0n) is 16.5. The van der Waals surface area contributed by atoms with Gasteiger partial charge in [0.15, 0.2) is 0 Å². The lowest BCUT2D eigenvalue weighted by atomic mass is 9.90. The molecule has 0 saturated carbocycles. The van der Waals surface area contributed by atoms with Crippen LogP contribution in [0.1, 0.15) is 32.3 Å². The van der Waals surface area contributed by atoms with Crippen LogP contribution in [0, 0.1) is 12.3 Å². The Morgan fingerprint density at radius 3 is 2.18 bits per heavy atom. The third-order valence-corrected chi connectivity index (χ3v) is 5.40. The number of rotatable bonds is 5. The Morgan fingerprint density at radius 1 is 0.964 bits per heavy atom. The maximum absolute atomic E-state index is 12.7. The van der Waals surface area contributed by atoms with Crippen molar-refractivity contribution in [1.82, 2.24) is 0 Å². The van der Waals surface area contributed by atoms with E-state index in [0.29, 0.717) is 16.4 Å². The van der Waals surface area contributed by atoms with E-state index in [1.165, 1.54) is 12.8 Å². The van der Waals surface area contributed by atoms with Crippen molar-refractivity contribution in [2.75, 3.05) is 28.6 Å². The Balaban J connectivity index is 1.65. The topological polar surface area (TPSA) is 61.4 Å². The summed E-state index contributed by atoms with van der Waals surface area (Å²) in [6.45, 7) is 7.23. The molecule has 0 atom stereocenters. The van der Waals surface area contributed by atoms with Gasteiger partial charge < -0.3 is 15.5 Å². The number of carbonyl (C=O) groups excluding carboxylic acids is 2. The Bertz CT molecular complexity index is 872. The second-order valence-electron chi connectivity index (χ2n) is 7.73. The minimum absolute atomic E-state index is 0.356. The summed E-state index contributed by atoms with van der Waals surface area (Å²) in [7, 11) is 0. The molecule has 1 aliphatic rings. The summed E-state index contributed by atoms with van der Waals surface area (Å²) in [5.41, 5.74) is 2.08. The third-order valence-electron chi connectivity index (χ3n) is 5.17. The smallest absolute Gasteiger partial charge is 0.239 e. The third kappa shape index (κ3) is 4.47. The van der Waals surface area contributed by atoms with Crippen LogP contribution in [0.5, 0.6) is 0 Å². The average molecular weight is 400 g/mol. The van der Waals surface area contributed by atoms with Crippen LogP contribution in [0.4, 0.5) is 17.1 Å². The molecule has 0 aliphatic carbocycles. The summed E-state index contributed by atoms with van der Waals surface area (Å²) in [5.74, 6) is -0.727. The molecular formula is C22H26ClN3O2. The molecular weight excluding hydrogens is 374 g/mol. The van der Waals surface area contributed by atoms with E-state index in [2.05, 4.69) is 15.5 Å². The normalized spacial score (nSPS) is 14.1. The fraction of sp³-hybridized carbons (Fsp3) is 0.364. The summed E-state index contributed by atoms with van der Waals surface area (Å²) in [5, 5.41) is 6.28. The van der Waals surface area contributed by atoms with Crippen molar-refractivity contribution in [3.63, 3.8) is 0 Å². The van der Waals surface area contributed by atoms with Crippen molar-refractivity contribution in [2.45, 2.75) is 33.6 Å². The van der Waals surface area contributed by atoms with Crippen LogP contribution >= 0.6 is 11.6 Å². The average Bonchev–Trinajstić information content (AvgIpc) is 3.19. The predicted octanol–water partition coefficient (Wildman–Crippen LogP) is 4.85. The zero-order valence-corrected chi connectivity index (χ0v) is 17.3. The highest BCUT2D eigenvalue weighted by Gasteiger charge is 2.36. The Kier molecular flexibility index (Phi) is 5.94. The van der Waals surface area contributed by atoms with Gasteiger partial charge in [-0.25, -0.2) is 0 Å². The lowest BCUT2D eigenvalue weighted by Gasteiger charge is -2.24. The standard InChI is InChI=1S/C22H26ClN3O2/c1-15-14-16(23)6-11-19(15)25-21(28)22(2,3)20(27)24-17-7-9-18(10-8-17)26-12-4-5-13-26/h6-11,14H,4-5,12-13H2,1-3H3,(H,24,27)(H,25,28). The van der Waals surface area contributed by atoms with Gasteiger partial charge in [0.2, 0.25) is 11.8 Å². The van der Waals surface area contributed by atoms with Crippen LogP contribution in [-0.2, 0) is 9.59 Å². The first-order chi connectivity index (χ1) is 13.3. The molecule has 0 unspecified atom stereocenters. The predicted molar refractivity (Wildman–Crippen MR) is 115 cm³/mol. The molecule has 2 aromatic carbocycles.